The van der Waals surface area contributed by atoms with Crippen LogP contribution in [-0.2, 0) is 0 Å². The SMILES string of the molecule is Fc1ccc(OC2(CBr)CC2)cc1F. The Kier molecular flexibility index (Phi) is 2.47. The van der Waals surface area contributed by atoms with Crippen molar-refractivity contribution < 1.29 is 13.5 Å². The molecule has 0 heterocycles. The van der Waals surface area contributed by atoms with Crippen LogP contribution in [0.3, 0.4) is 0 Å². The largest absolute Gasteiger partial charge is 0.486 e. The van der Waals surface area contributed by atoms with Crippen molar-refractivity contribution in [2.24, 2.45) is 0 Å². The summed E-state index contributed by atoms with van der Waals surface area (Å²) in [6, 6.07) is 3.61. The molecular weight excluding hydrogens is 254 g/mol. The molecule has 4 heteroatoms. The molecule has 1 aliphatic rings. The number of ether oxygens (including phenoxy) is 1. The lowest BCUT2D eigenvalue weighted by Crippen LogP contribution is -2.19. The van der Waals surface area contributed by atoms with E-state index in [0.717, 1.165) is 30.3 Å². The Morgan fingerprint density at radius 3 is 2.50 bits per heavy atom. The highest BCUT2D eigenvalue weighted by atomic mass is 79.9. The molecule has 1 nitrogen and oxygen atoms in total. The second-order valence-electron chi connectivity index (χ2n) is 3.49. The summed E-state index contributed by atoms with van der Waals surface area (Å²) in [5.41, 5.74) is -0.190. The Morgan fingerprint density at radius 2 is 2.00 bits per heavy atom. The van der Waals surface area contributed by atoms with Crippen LogP contribution in [0.15, 0.2) is 18.2 Å². The van der Waals surface area contributed by atoms with Crippen LogP contribution in [0.25, 0.3) is 0 Å². The number of halogens is 3. The molecule has 76 valence electrons. The lowest BCUT2D eigenvalue weighted by atomic mass is 10.3. The second kappa shape index (κ2) is 3.50. The third-order valence-electron chi connectivity index (χ3n) is 2.28. The van der Waals surface area contributed by atoms with Crippen molar-refractivity contribution >= 4 is 15.9 Å². The van der Waals surface area contributed by atoms with Gasteiger partial charge in [-0.25, -0.2) is 8.78 Å². The fourth-order valence-electron chi connectivity index (χ4n) is 1.19. The van der Waals surface area contributed by atoms with Crippen LogP contribution in [0.5, 0.6) is 5.75 Å². The topological polar surface area (TPSA) is 9.23 Å². The Bertz CT molecular complexity index is 350. The van der Waals surface area contributed by atoms with Crippen LogP contribution in [0, 0.1) is 11.6 Å². The fourth-order valence-corrected chi connectivity index (χ4v) is 1.87. The van der Waals surface area contributed by atoms with Crippen molar-refractivity contribution in [3.8, 4) is 5.75 Å². The zero-order valence-electron chi connectivity index (χ0n) is 7.40. The zero-order valence-corrected chi connectivity index (χ0v) is 8.98. The molecule has 1 aliphatic carbocycles. The predicted molar refractivity (Wildman–Crippen MR) is 52.7 cm³/mol. The summed E-state index contributed by atoms with van der Waals surface area (Å²) in [6.45, 7) is 0. The fraction of sp³-hybridized carbons (Fsp3) is 0.400. The van der Waals surface area contributed by atoms with Gasteiger partial charge in [0.1, 0.15) is 11.4 Å². The molecule has 0 N–H and O–H groups in total. The van der Waals surface area contributed by atoms with E-state index >= 15 is 0 Å². The minimum atomic E-state index is -0.868. The number of rotatable bonds is 3. The monoisotopic (exact) mass is 262 g/mol. The predicted octanol–water partition coefficient (Wildman–Crippen LogP) is 3.27. The first-order valence-corrected chi connectivity index (χ1v) is 5.47. The normalized spacial score (nSPS) is 17.9. The molecule has 0 aliphatic heterocycles. The molecule has 1 saturated carbocycles. The molecule has 0 aromatic heterocycles. The molecule has 0 bridgehead atoms. The van der Waals surface area contributed by atoms with E-state index in [0.29, 0.717) is 5.75 Å². The Hall–Kier alpha value is -0.640. The summed E-state index contributed by atoms with van der Waals surface area (Å²) < 4.78 is 30.9. The number of hydrogen-bond donors (Lipinski definition) is 0. The average molecular weight is 263 g/mol. The van der Waals surface area contributed by atoms with E-state index in [9.17, 15) is 8.78 Å². The quantitative estimate of drug-likeness (QED) is 0.760. The van der Waals surface area contributed by atoms with E-state index in [1.807, 2.05) is 0 Å². The van der Waals surface area contributed by atoms with Gasteiger partial charge in [0.2, 0.25) is 0 Å². The van der Waals surface area contributed by atoms with Crippen LogP contribution in [0.4, 0.5) is 8.78 Å². The van der Waals surface area contributed by atoms with Crippen LogP contribution < -0.4 is 4.74 Å². The second-order valence-corrected chi connectivity index (χ2v) is 4.06. The first-order chi connectivity index (χ1) is 6.65. The van der Waals surface area contributed by atoms with Crippen LogP contribution >= 0.6 is 15.9 Å². The van der Waals surface area contributed by atoms with Gasteiger partial charge in [-0.2, -0.15) is 0 Å². The number of hydrogen-bond acceptors (Lipinski definition) is 1. The lowest BCUT2D eigenvalue weighted by molar-refractivity contribution is 0.205. The van der Waals surface area contributed by atoms with Crippen LogP contribution in [-0.4, -0.2) is 10.9 Å². The van der Waals surface area contributed by atoms with Gasteiger partial charge < -0.3 is 4.74 Å². The molecule has 0 saturated heterocycles. The lowest BCUT2D eigenvalue weighted by Gasteiger charge is -2.14. The van der Waals surface area contributed by atoms with Gasteiger partial charge >= 0.3 is 0 Å². The summed E-state index contributed by atoms with van der Waals surface area (Å²) in [5.74, 6) is -1.32. The van der Waals surface area contributed by atoms with Gasteiger partial charge in [0, 0.05) is 11.4 Å². The van der Waals surface area contributed by atoms with Crippen LogP contribution in [0.1, 0.15) is 12.8 Å². The van der Waals surface area contributed by atoms with E-state index < -0.39 is 11.6 Å². The molecule has 1 aromatic carbocycles. The van der Waals surface area contributed by atoms with Gasteiger partial charge in [-0.05, 0) is 25.0 Å². The molecule has 1 aromatic rings. The Labute approximate surface area is 89.2 Å². The van der Waals surface area contributed by atoms with E-state index in [-0.39, 0.29) is 5.60 Å². The van der Waals surface area contributed by atoms with Gasteiger partial charge in [0.15, 0.2) is 11.6 Å². The van der Waals surface area contributed by atoms with E-state index in [1.165, 1.54) is 6.07 Å². The smallest absolute Gasteiger partial charge is 0.162 e. The zero-order chi connectivity index (χ0) is 10.2. The molecule has 0 amide bonds. The Balaban J connectivity index is 2.14. The standard InChI is InChI=1S/C10H9BrF2O/c11-6-10(3-4-10)14-7-1-2-8(12)9(13)5-7/h1-2,5H,3-4,6H2. The average Bonchev–Trinajstić information content (AvgIpc) is 2.93. The molecule has 0 atom stereocenters. The van der Waals surface area contributed by atoms with E-state index in [4.69, 9.17) is 4.74 Å². The molecule has 0 spiro atoms. The molecule has 14 heavy (non-hydrogen) atoms. The third-order valence-corrected chi connectivity index (χ3v) is 3.30. The maximum Gasteiger partial charge on any atom is 0.162 e. The molecule has 1 fully saturated rings. The first kappa shape index (κ1) is 9.90. The molecule has 0 radical (unpaired) electrons. The minimum absolute atomic E-state index is 0.190. The maximum absolute atomic E-state index is 12.8. The highest BCUT2D eigenvalue weighted by molar-refractivity contribution is 9.09. The van der Waals surface area contributed by atoms with Gasteiger partial charge in [0.25, 0.3) is 0 Å². The van der Waals surface area contributed by atoms with E-state index in [1.54, 1.807) is 0 Å². The maximum atomic E-state index is 12.8. The highest BCUT2D eigenvalue weighted by Crippen LogP contribution is 2.41. The first-order valence-electron chi connectivity index (χ1n) is 4.35. The molecular formula is C10H9BrF2O. The Morgan fingerprint density at radius 1 is 1.29 bits per heavy atom. The van der Waals surface area contributed by atoms with Crippen molar-refractivity contribution in [2.45, 2.75) is 18.4 Å². The highest BCUT2D eigenvalue weighted by Gasteiger charge is 2.44. The van der Waals surface area contributed by atoms with Crippen molar-refractivity contribution in [1.82, 2.24) is 0 Å². The van der Waals surface area contributed by atoms with Gasteiger partial charge in [-0.1, -0.05) is 15.9 Å². The number of benzene rings is 1. The van der Waals surface area contributed by atoms with Crippen molar-refractivity contribution in [2.75, 3.05) is 5.33 Å². The third kappa shape index (κ3) is 1.90. The summed E-state index contributed by atoms with van der Waals surface area (Å²) in [5, 5.41) is 0.721. The van der Waals surface area contributed by atoms with Crippen LogP contribution in [0.2, 0.25) is 0 Å². The van der Waals surface area contributed by atoms with E-state index in [2.05, 4.69) is 15.9 Å². The summed E-state index contributed by atoms with van der Waals surface area (Å²) >= 11 is 3.33. The summed E-state index contributed by atoms with van der Waals surface area (Å²) in [4.78, 5) is 0. The minimum Gasteiger partial charge on any atom is -0.486 e. The van der Waals surface area contributed by atoms with Gasteiger partial charge in [0.05, 0.1) is 0 Å². The van der Waals surface area contributed by atoms with Gasteiger partial charge in [-0.3, -0.25) is 0 Å². The van der Waals surface area contributed by atoms with Crippen molar-refractivity contribution in [3.05, 3.63) is 29.8 Å². The molecule has 0 unspecified atom stereocenters. The summed E-state index contributed by atoms with van der Waals surface area (Å²) in [6.07, 6.45) is 1.91. The van der Waals surface area contributed by atoms with Gasteiger partial charge in [-0.15, -0.1) is 0 Å². The summed E-state index contributed by atoms with van der Waals surface area (Å²) in [7, 11) is 0. The van der Waals surface area contributed by atoms with Crippen molar-refractivity contribution in [1.29, 1.82) is 0 Å². The molecule has 2 rings (SSSR count). The van der Waals surface area contributed by atoms with Crippen molar-refractivity contribution in [3.63, 3.8) is 0 Å². The number of alkyl halides is 1.